The molecule has 20 heavy (non-hydrogen) atoms. The van der Waals surface area contributed by atoms with Crippen molar-refractivity contribution >= 4 is 17.3 Å². The van der Waals surface area contributed by atoms with E-state index in [-0.39, 0.29) is 0 Å². The number of nitrogens with zero attached hydrogens (tertiary/aromatic N) is 1. The SMILES string of the molecule is Cc1cc(CNc2ccc(Cl)c(C#N)c2)cc(C)c1O. The first-order valence-electron chi connectivity index (χ1n) is 6.24. The molecule has 3 nitrogen and oxygen atoms in total. The number of aryl methyl sites for hydroxylation is 2. The zero-order valence-corrected chi connectivity index (χ0v) is 12.1. The normalized spacial score (nSPS) is 10.1. The Kier molecular flexibility index (Phi) is 4.16. The van der Waals surface area contributed by atoms with Crippen LogP contribution in [0.3, 0.4) is 0 Å². The maximum atomic E-state index is 9.74. The largest absolute Gasteiger partial charge is 0.507 e. The average Bonchev–Trinajstić information content (AvgIpc) is 2.43. The van der Waals surface area contributed by atoms with Crippen LogP contribution in [0.1, 0.15) is 22.3 Å². The Balaban J connectivity index is 2.15. The predicted octanol–water partition coefficient (Wildman–Crippen LogP) is 4.15. The number of benzene rings is 2. The van der Waals surface area contributed by atoms with Gasteiger partial charge in [-0.15, -0.1) is 0 Å². The first kappa shape index (κ1) is 14.2. The number of nitriles is 1. The minimum atomic E-state index is 0.340. The molecule has 0 aliphatic carbocycles. The van der Waals surface area contributed by atoms with Gasteiger partial charge >= 0.3 is 0 Å². The molecule has 2 N–H and O–H groups in total. The Morgan fingerprint density at radius 2 is 1.85 bits per heavy atom. The van der Waals surface area contributed by atoms with Gasteiger partial charge in [-0.3, -0.25) is 0 Å². The summed E-state index contributed by atoms with van der Waals surface area (Å²) in [5, 5.41) is 22.4. The van der Waals surface area contributed by atoms with E-state index >= 15 is 0 Å². The fourth-order valence-electron chi connectivity index (χ4n) is 2.07. The second-order valence-electron chi connectivity index (χ2n) is 4.74. The highest BCUT2D eigenvalue weighted by Gasteiger charge is 2.04. The number of phenolic OH excluding ortho intramolecular Hbond substituents is 1. The molecule has 0 saturated carbocycles. The molecule has 0 aliphatic rings. The molecule has 2 aromatic carbocycles. The predicted molar refractivity (Wildman–Crippen MR) is 81.1 cm³/mol. The van der Waals surface area contributed by atoms with Crippen molar-refractivity contribution in [3.63, 3.8) is 0 Å². The number of phenols is 1. The summed E-state index contributed by atoms with van der Waals surface area (Å²) in [7, 11) is 0. The molecule has 0 aromatic heterocycles. The Bertz CT molecular complexity index is 666. The Morgan fingerprint density at radius 1 is 1.20 bits per heavy atom. The van der Waals surface area contributed by atoms with Gasteiger partial charge < -0.3 is 10.4 Å². The van der Waals surface area contributed by atoms with E-state index in [9.17, 15) is 5.11 Å². The van der Waals surface area contributed by atoms with Crippen LogP contribution in [0.4, 0.5) is 5.69 Å². The van der Waals surface area contributed by atoms with Crippen LogP contribution in [0.2, 0.25) is 5.02 Å². The van der Waals surface area contributed by atoms with Crippen molar-refractivity contribution in [1.29, 1.82) is 5.26 Å². The Labute approximate surface area is 123 Å². The van der Waals surface area contributed by atoms with Gasteiger partial charge in [-0.2, -0.15) is 5.26 Å². The van der Waals surface area contributed by atoms with Gasteiger partial charge in [0, 0.05) is 12.2 Å². The summed E-state index contributed by atoms with van der Waals surface area (Å²) in [6.07, 6.45) is 0. The first-order chi connectivity index (χ1) is 9.51. The molecule has 0 aliphatic heterocycles. The van der Waals surface area contributed by atoms with Crippen molar-refractivity contribution in [2.75, 3.05) is 5.32 Å². The molecule has 0 atom stereocenters. The molecule has 0 fully saturated rings. The van der Waals surface area contributed by atoms with Gasteiger partial charge in [0.05, 0.1) is 10.6 Å². The summed E-state index contributed by atoms with van der Waals surface area (Å²) in [6.45, 7) is 4.37. The molecule has 0 unspecified atom stereocenters. The summed E-state index contributed by atoms with van der Waals surface area (Å²) >= 11 is 5.89. The molecule has 102 valence electrons. The highest BCUT2D eigenvalue weighted by Crippen LogP contribution is 2.24. The van der Waals surface area contributed by atoms with E-state index in [1.54, 1.807) is 12.1 Å². The summed E-state index contributed by atoms with van der Waals surface area (Å²) in [5.41, 5.74) is 4.08. The Morgan fingerprint density at radius 3 is 2.45 bits per heavy atom. The maximum absolute atomic E-state index is 9.74. The number of anilines is 1. The van der Waals surface area contributed by atoms with Gasteiger partial charge in [-0.05, 0) is 48.7 Å². The van der Waals surface area contributed by atoms with Crippen LogP contribution in [-0.2, 0) is 6.54 Å². The topological polar surface area (TPSA) is 56.0 Å². The zero-order chi connectivity index (χ0) is 14.7. The van der Waals surface area contributed by atoms with Gasteiger partial charge in [0.2, 0.25) is 0 Å². The van der Waals surface area contributed by atoms with Crippen molar-refractivity contribution < 1.29 is 5.11 Å². The molecule has 2 rings (SSSR count). The highest BCUT2D eigenvalue weighted by atomic mass is 35.5. The van der Waals surface area contributed by atoms with Gasteiger partial charge in [0.15, 0.2) is 0 Å². The fourth-order valence-corrected chi connectivity index (χ4v) is 2.23. The zero-order valence-electron chi connectivity index (χ0n) is 11.4. The van der Waals surface area contributed by atoms with E-state index in [1.807, 2.05) is 32.0 Å². The molecule has 4 heteroatoms. The Hall–Kier alpha value is -2.18. The molecular formula is C16H15ClN2O. The summed E-state index contributed by atoms with van der Waals surface area (Å²) in [5.74, 6) is 0.340. The van der Waals surface area contributed by atoms with Crippen molar-refractivity contribution in [1.82, 2.24) is 0 Å². The molecule has 0 saturated heterocycles. The van der Waals surface area contributed by atoms with Gasteiger partial charge in [-0.1, -0.05) is 23.7 Å². The monoisotopic (exact) mass is 286 g/mol. The average molecular weight is 287 g/mol. The number of rotatable bonds is 3. The lowest BCUT2D eigenvalue weighted by atomic mass is 10.1. The van der Waals surface area contributed by atoms with Crippen molar-refractivity contribution in [3.8, 4) is 11.8 Å². The summed E-state index contributed by atoms with van der Waals surface area (Å²) < 4.78 is 0. The smallest absolute Gasteiger partial charge is 0.121 e. The second-order valence-corrected chi connectivity index (χ2v) is 5.15. The van der Waals surface area contributed by atoms with E-state index < -0.39 is 0 Å². The van der Waals surface area contributed by atoms with Crippen LogP contribution in [0.15, 0.2) is 30.3 Å². The number of halogens is 1. The van der Waals surface area contributed by atoms with Crippen LogP contribution in [-0.4, -0.2) is 5.11 Å². The van der Waals surface area contributed by atoms with Gasteiger partial charge in [-0.25, -0.2) is 0 Å². The van der Waals surface area contributed by atoms with Crippen LogP contribution in [0, 0.1) is 25.2 Å². The summed E-state index contributed by atoms with van der Waals surface area (Å²) in [4.78, 5) is 0. The quantitative estimate of drug-likeness (QED) is 0.891. The van der Waals surface area contributed by atoms with Crippen molar-refractivity contribution in [2.24, 2.45) is 0 Å². The molecule has 0 amide bonds. The van der Waals surface area contributed by atoms with Crippen molar-refractivity contribution in [2.45, 2.75) is 20.4 Å². The lowest BCUT2D eigenvalue weighted by Gasteiger charge is -2.10. The lowest BCUT2D eigenvalue weighted by molar-refractivity contribution is 0.466. The third-order valence-corrected chi connectivity index (χ3v) is 3.46. The van der Waals surface area contributed by atoms with E-state index in [0.29, 0.717) is 22.9 Å². The van der Waals surface area contributed by atoms with Crippen LogP contribution >= 0.6 is 11.6 Å². The van der Waals surface area contributed by atoms with E-state index in [0.717, 1.165) is 22.4 Å². The molecule has 0 heterocycles. The van der Waals surface area contributed by atoms with Crippen LogP contribution in [0.25, 0.3) is 0 Å². The van der Waals surface area contributed by atoms with Crippen LogP contribution < -0.4 is 5.32 Å². The highest BCUT2D eigenvalue weighted by molar-refractivity contribution is 6.31. The maximum Gasteiger partial charge on any atom is 0.121 e. The number of nitrogens with one attached hydrogen (secondary N) is 1. The lowest BCUT2D eigenvalue weighted by Crippen LogP contribution is -2.00. The molecule has 2 aromatic rings. The van der Waals surface area contributed by atoms with Crippen molar-refractivity contribution in [3.05, 3.63) is 57.6 Å². The van der Waals surface area contributed by atoms with Gasteiger partial charge in [0.1, 0.15) is 11.8 Å². The number of hydrogen-bond donors (Lipinski definition) is 2. The van der Waals surface area contributed by atoms with E-state index in [4.69, 9.17) is 16.9 Å². The van der Waals surface area contributed by atoms with E-state index in [1.165, 1.54) is 0 Å². The minimum absolute atomic E-state index is 0.340. The number of aromatic hydroxyl groups is 1. The van der Waals surface area contributed by atoms with Gasteiger partial charge in [0.25, 0.3) is 0 Å². The summed E-state index contributed by atoms with van der Waals surface area (Å²) in [6, 6.07) is 11.2. The van der Waals surface area contributed by atoms with Crippen LogP contribution in [0.5, 0.6) is 5.75 Å². The second kappa shape index (κ2) is 5.85. The molecule has 0 radical (unpaired) electrons. The molecule has 0 spiro atoms. The fraction of sp³-hybridized carbons (Fsp3) is 0.188. The van der Waals surface area contributed by atoms with E-state index in [2.05, 4.69) is 11.4 Å². The molecule has 0 bridgehead atoms. The third-order valence-electron chi connectivity index (χ3n) is 3.13. The first-order valence-corrected chi connectivity index (χ1v) is 6.61. The third kappa shape index (κ3) is 3.04. The number of hydrogen-bond acceptors (Lipinski definition) is 3. The molecular weight excluding hydrogens is 272 g/mol. The minimum Gasteiger partial charge on any atom is -0.507 e. The standard InChI is InChI=1S/C16H15ClN2O/c1-10-5-12(6-11(2)16(10)20)9-19-14-3-4-15(17)13(7-14)8-18/h3-7,19-20H,9H2,1-2H3.